The Bertz CT molecular complexity index is 1360. The fourth-order valence-corrected chi connectivity index (χ4v) is 5.20. The average Bonchev–Trinajstić information content (AvgIpc) is 2.86. The van der Waals surface area contributed by atoms with Crippen molar-refractivity contribution < 1.29 is 19.8 Å². The second kappa shape index (κ2) is 9.94. The van der Waals surface area contributed by atoms with Crippen LogP contribution in [0.3, 0.4) is 0 Å². The third kappa shape index (κ3) is 5.47. The summed E-state index contributed by atoms with van der Waals surface area (Å²) in [5, 5.41) is 23.2. The van der Waals surface area contributed by atoms with Crippen molar-refractivity contribution in [2.45, 2.75) is 84.2 Å². The van der Waals surface area contributed by atoms with Crippen LogP contribution in [0.1, 0.15) is 105 Å². The quantitative estimate of drug-likeness (QED) is 0.200. The average molecular weight is 514 g/mol. The second-order valence-electron chi connectivity index (χ2n) is 12.7. The van der Waals surface area contributed by atoms with Gasteiger partial charge in [-0.1, -0.05) is 90.0 Å². The molecule has 4 rings (SSSR count). The Hall–Kier alpha value is -3.60. The van der Waals surface area contributed by atoms with Gasteiger partial charge in [-0.15, -0.1) is 0 Å². The minimum absolute atomic E-state index is 0.0183. The Labute approximate surface area is 226 Å². The van der Waals surface area contributed by atoms with Crippen LogP contribution in [0.4, 0.5) is 0 Å². The van der Waals surface area contributed by atoms with Gasteiger partial charge in [0.05, 0.1) is 5.56 Å². The van der Waals surface area contributed by atoms with E-state index in [2.05, 4.69) is 90.0 Å². The molecule has 0 aliphatic heterocycles. The molecule has 0 aromatic heterocycles. The molecule has 0 saturated heterocycles. The summed E-state index contributed by atoms with van der Waals surface area (Å²) in [6.07, 6.45) is 2.11. The molecule has 1 aliphatic carbocycles. The Morgan fingerprint density at radius 2 is 1.39 bits per heavy atom. The Balaban J connectivity index is 1.79. The summed E-state index contributed by atoms with van der Waals surface area (Å²) in [6.45, 7) is 16.0. The van der Waals surface area contributed by atoms with Gasteiger partial charge in [0.15, 0.2) is 0 Å². The van der Waals surface area contributed by atoms with Crippen molar-refractivity contribution in [3.8, 4) is 5.75 Å². The molecular formula is C33H39NO4. The molecule has 0 fully saturated rings. The number of carboxylic acid groups (broad SMARTS) is 1. The lowest BCUT2D eigenvalue weighted by Gasteiger charge is -2.42. The number of ether oxygens (including phenoxy) is 1. The molecule has 0 heterocycles. The number of benzene rings is 3. The standard InChI is InChI=1S/C33H39NO4/c1-31(2,3)24-14-8-21(9-15-24)20-38-28-19-27-26(32(4,5)16-17-33(27,6)7)18-25(28)29(34-37)22-10-12-23(13-11-22)30(35)36/h8-15,18-19,37H,16-17,20H2,1-7H3,(H,35,36). The van der Waals surface area contributed by atoms with E-state index in [9.17, 15) is 15.1 Å². The number of carboxylic acids is 1. The highest BCUT2D eigenvalue weighted by Gasteiger charge is 2.38. The Kier molecular flexibility index (Phi) is 7.17. The number of oxime groups is 1. The molecule has 0 bridgehead atoms. The number of hydrogen-bond acceptors (Lipinski definition) is 4. The molecule has 5 heteroatoms. The summed E-state index contributed by atoms with van der Waals surface area (Å²) in [6, 6.07) is 19.1. The number of nitrogens with zero attached hydrogens (tertiary/aromatic N) is 1. The highest BCUT2D eigenvalue weighted by molar-refractivity contribution is 6.14. The summed E-state index contributed by atoms with van der Waals surface area (Å²) in [4.78, 5) is 11.4. The van der Waals surface area contributed by atoms with Crippen LogP contribution < -0.4 is 4.74 Å². The fourth-order valence-electron chi connectivity index (χ4n) is 5.20. The van der Waals surface area contributed by atoms with E-state index in [1.807, 2.05) is 0 Å². The van der Waals surface area contributed by atoms with E-state index in [0.717, 1.165) is 18.4 Å². The molecule has 38 heavy (non-hydrogen) atoms. The van der Waals surface area contributed by atoms with Gasteiger partial charge in [0.2, 0.25) is 0 Å². The van der Waals surface area contributed by atoms with Crippen LogP contribution in [0, 0.1) is 0 Å². The van der Waals surface area contributed by atoms with Crippen LogP contribution in [0.2, 0.25) is 0 Å². The van der Waals surface area contributed by atoms with E-state index in [4.69, 9.17) is 4.74 Å². The number of fused-ring (bicyclic) bond motifs is 1. The van der Waals surface area contributed by atoms with Gasteiger partial charge < -0.3 is 15.1 Å². The van der Waals surface area contributed by atoms with E-state index in [-0.39, 0.29) is 21.8 Å². The number of carbonyl (C=O) groups is 1. The summed E-state index contributed by atoms with van der Waals surface area (Å²) in [5.41, 5.74) is 6.61. The van der Waals surface area contributed by atoms with Crippen molar-refractivity contribution in [3.05, 3.63) is 99.6 Å². The van der Waals surface area contributed by atoms with Gasteiger partial charge >= 0.3 is 5.97 Å². The summed E-state index contributed by atoms with van der Waals surface area (Å²) in [5.74, 6) is -0.358. The first-order valence-electron chi connectivity index (χ1n) is 13.2. The highest BCUT2D eigenvalue weighted by Crippen LogP contribution is 2.48. The molecule has 2 N–H and O–H groups in total. The first-order chi connectivity index (χ1) is 17.7. The van der Waals surface area contributed by atoms with Crippen LogP contribution in [0.15, 0.2) is 65.8 Å². The van der Waals surface area contributed by atoms with Crippen molar-refractivity contribution in [1.29, 1.82) is 0 Å². The van der Waals surface area contributed by atoms with Gasteiger partial charge in [0, 0.05) is 11.1 Å². The van der Waals surface area contributed by atoms with Gasteiger partial charge in [-0.2, -0.15) is 0 Å². The Morgan fingerprint density at radius 3 is 1.89 bits per heavy atom. The number of rotatable bonds is 6. The van der Waals surface area contributed by atoms with Crippen molar-refractivity contribution in [3.63, 3.8) is 0 Å². The maximum atomic E-state index is 11.4. The number of hydrogen-bond donors (Lipinski definition) is 2. The first-order valence-corrected chi connectivity index (χ1v) is 13.2. The fraction of sp³-hybridized carbons (Fsp3) is 0.394. The molecule has 0 spiro atoms. The van der Waals surface area contributed by atoms with Crippen LogP contribution in [-0.2, 0) is 22.9 Å². The summed E-state index contributed by atoms with van der Waals surface area (Å²) < 4.78 is 6.46. The van der Waals surface area contributed by atoms with E-state index in [1.165, 1.54) is 28.8 Å². The van der Waals surface area contributed by atoms with Crippen molar-refractivity contribution in [1.82, 2.24) is 0 Å². The molecule has 0 atom stereocenters. The van der Waals surface area contributed by atoms with Crippen molar-refractivity contribution in [2.75, 3.05) is 0 Å². The van der Waals surface area contributed by atoms with Crippen LogP contribution >= 0.6 is 0 Å². The number of aromatic carboxylic acids is 1. The Morgan fingerprint density at radius 1 is 0.868 bits per heavy atom. The molecule has 200 valence electrons. The maximum absolute atomic E-state index is 11.4. The van der Waals surface area contributed by atoms with E-state index in [0.29, 0.717) is 29.2 Å². The van der Waals surface area contributed by atoms with E-state index in [1.54, 1.807) is 12.1 Å². The minimum atomic E-state index is -1.00. The minimum Gasteiger partial charge on any atom is -0.488 e. The highest BCUT2D eigenvalue weighted by atomic mass is 16.5. The third-order valence-electron chi connectivity index (χ3n) is 7.93. The van der Waals surface area contributed by atoms with Crippen LogP contribution in [0.25, 0.3) is 0 Å². The first kappa shape index (κ1) is 27.4. The zero-order valence-electron chi connectivity index (χ0n) is 23.6. The topological polar surface area (TPSA) is 79.1 Å². The molecule has 5 nitrogen and oxygen atoms in total. The normalized spacial score (nSPS) is 16.6. The molecule has 0 amide bonds. The smallest absolute Gasteiger partial charge is 0.335 e. The van der Waals surface area contributed by atoms with E-state index < -0.39 is 5.97 Å². The lowest BCUT2D eigenvalue weighted by Crippen LogP contribution is -2.34. The maximum Gasteiger partial charge on any atom is 0.335 e. The lowest BCUT2D eigenvalue weighted by atomic mass is 9.62. The molecule has 3 aromatic rings. The zero-order valence-corrected chi connectivity index (χ0v) is 23.6. The second-order valence-corrected chi connectivity index (χ2v) is 12.7. The van der Waals surface area contributed by atoms with Crippen molar-refractivity contribution >= 4 is 11.7 Å². The third-order valence-corrected chi connectivity index (χ3v) is 7.93. The van der Waals surface area contributed by atoms with Gasteiger partial charge in [0.1, 0.15) is 18.1 Å². The molecular weight excluding hydrogens is 474 g/mol. The predicted octanol–water partition coefficient (Wildman–Crippen LogP) is 7.84. The molecule has 3 aromatic carbocycles. The van der Waals surface area contributed by atoms with Gasteiger partial charge in [-0.3, -0.25) is 0 Å². The molecule has 0 radical (unpaired) electrons. The van der Waals surface area contributed by atoms with Gasteiger partial charge in [-0.05, 0) is 75.6 Å². The van der Waals surface area contributed by atoms with Crippen LogP contribution in [-0.4, -0.2) is 22.0 Å². The van der Waals surface area contributed by atoms with Crippen molar-refractivity contribution in [2.24, 2.45) is 5.16 Å². The summed E-state index contributed by atoms with van der Waals surface area (Å²) in [7, 11) is 0. The zero-order chi connectivity index (χ0) is 27.9. The van der Waals surface area contributed by atoms with Gasteiger partial charge in [0.25, 0.3) is 0 Å². The lowest BCUT2D eigenvalue weighted by molar-refractivity contribution is 0.0697. The molecule has 0 saturated carbocycles. The van der Waals surface area contributed by atoms with E-state index >= 15 is 0 Å². The summed E-state index contributed by atoms with van der Waals surface area (Å²) >= 11 is 0. The van der Waals surface area contributed by atoms with Crippen LogP contribution in [0.5, 0.6) is 5.75 Å². The largest absolute Gasteiger partial charge is 0.488 e. The van der Waals surface area contributed by atoms with Gasteiger partial charge in [-0.25, -0.2) is 4.79 Å². The molecule has 1 aliphatic rings. The SMILES string of the molecule is CC(C)(C)c1ccc(COc2cc3c(cc2C(=NO)c2ccc(C(=O)O)cc2)C(C)(C)CCC3(C)C)cc1. The predicted molar refractivity (Wildman–Crippen MR) is 152 cm³/mol. The molecule has 0 unspecified atom stereocenters. The monoisotopic (exact) mass is 513 g/mol.